The van der Waals surface area contributed by atoms with Crippen molar-refractivity contribution in [2.75, 3.05) is 6.61 Å². The highest BCUT2D eigenvalue weighted by atomic mass is 16.5. The second-order valence-corrected chi connectivity index (χ2v) is 5.58. The maximum Gasteiger partial charge on any atom is 0.315 e. The van der Waals surface area contributed by atoms with Crippen molar-refractivity contribution in [2.45, 2.75) is 45.6 Å². The third-order valence-corrected chi connectivity index (χ3v) is 3.06. The molecule has 0 heterocycles. The molecule has 0 saturated carbocycles. The molecular weight excluding hydrogens is 270 g/mol. The fraction of sp³-hybridized carbons (Fsp3) is 0.500. The van der Waals surface area contributed by atoms with Gasteiger partial charge in [-0.3, -0.25) is 9.59 Å². The molecule has 0 aliphatic heterocycles. The number of carbonyl (C=O) groups is 2. The predicted molar refractivity (Wildman–Crippen MR) is 79.9 cm³/mol. The van der Waals surface area contributed by atoms with Gasteiger partial charge in [0.2, 0.25) is 5.91 Å². The quantitative estimate of drug-likeness (QED) is 0.597. The van der Waals surface area contributed by atoms with E-state index < -0.39 is 11.5 Å². The number of carbonyl (C=O) groups excluding carboxylic acids is 2. The van der Waals surface area contributed by atoms with Crippen molar-refractivity contribution in [3.63, 3.8) is 0 Å². The van der Waals surface area contributed by atoms with Crippen LogP contribution in [-0.4, -0.2) is 29.1 Å². The number of rotatable bonds is 7. The summed E-state index contributed by atoms with van der Waals surface area (Å²) < 4.78 is 4.74. The molecule has 1 amide bonds. The summed E-state index contributed by atoms with van der Waals surface area (Å²) in [5.41, 5.74) is 0.669. The minimum atomic E-state index is -0.510. The Labute approximate surface area is 125 Å². The molecule has 0 aliphatic rings. The monoisotopic (exact) mass is 293 g/mol. The van der Waals surface area contributed by atoms with E-state index in [-0.39, 0.29) is 24.7 Å². The molecule has 0 saturated heterocycles. The number of nitrogens with one attached hydrogen (secondary N) is 1. The summed E-state index contributed by atoms with van der Waals surface area (Å²) in [4.78, 5) is 23.0. The highest BCUT2D eigenvalue weighted by molar-refractivity contribution is 5.94. The van der Waals surface area contributed by atoms with E-state index in [1.54, 1.807) is 19.1 Å². The van der Waals surface area contributed by atoms with E-state index in [0.717, 1.165) is 18.4 Å². The SMILES string of the molecule is CCOC(=O)CC(=O)NC(C)(C)CCc1ccc(O)cc1. The van der Waals surface area contributed by atoms with Crippen molar-refractivity contribution in [1.82, 2.24) is 5.32 Å². The highest BCUT2D eigenvalue weighted by Gasteiger charge is 2.22. The van der Waals surface area contributed by atoms with Crippen molar-refractivity contribution >= 4 is 11.9 Å². The van der Waals surface area contributed by atoms with Gasteiger partial charge in [0.25, 0.3) is 0 Å². The summed E-state index contributed by atoms with van der Waals surface area (Å²) in [7, 11) is 0. The van der Waals surface area contributed by atoms with E-state index >= 15 is 0 Å². The zero-order valence-electron chi connectivity index (χ0n) is 12.8. The molecule has 0 bridgehead atoms. The number of aromatic hydroxyl groups is 1. The smallest absolute Gasteiger partial charge is 0.315 e. The van der Waals surface area contributed by atoms with Gasteiger partial charge < -0.3 is 15.2 Å². The molecule has 0 fully saturated rings. The zero-order chi connectivity index (χ0) is 15.9. The number of amides is 1. The van der Waals surface area contributed by atoms with Gasteiger partial charge in [-0.25, -0.2) is 0 Å². The molecule has 0 aromatic heterocycles. The molecule has 1 aromatic carbocycles. The number of hydrogen-bond donors (Lipinski definition) is 2. The van der Waals surface area contributed by atoms with E-state index in [1.165, 1.54) is 0 Å². The highest BCUT2D eigenvalue weighted by Crippen LogP contribution is 2.16. The Bertz CT molecular complexity index is 480. The van der Waals surface area contributed by atoms with Crippen molar-refractivity contribution < 1.29 is 19.4 Å². The lowest BCUT2D eigenvalue weighted by Crippen LogP contribution is -2.44. The van der Waals surface area contributed by atoms with Gasteiger partial charge >= 0.3 is 5.97 Å². The molecule has 0 unspecified atom stereocenters. The van der Waals surface area contributed by atoms with Crippen LogP contribution >= 0.6 is 0 Å². The summed E-state index contributed by atoms with van der Waals surface area (Å²) in [5, 5.41) is 12.1. The summed E-state index contributed by atoms with van der Waals surface area (Å²) in [6, 6.07) is 6.99. The first-order chi connectivity index (χ1) is 9.82. The lowest BCUT2D eigenvalue weighted by atomic mass is 9.95. The number of aryl methyl sites for hydroxylation is 1. The first-order valence-electron chi connectivity index (χ1n) is 7.07. The molecule has 5 heteroatoms. The maximum atomic E-state index is 11.8. The van der Waals surface area contributed by atoms with Gasteiger partial charge in [0.1, 0.15) is 12.2 Å². The van der Waals surface area contributed by atoms with E-state index in [9.17, 15) is 14.7 Å². The molecule has 0 atom stereocenters. The van der Waals surface area contributed by atoms with Crippen LogP contribution in [0.2, 0.25) is 0 Å². The first kappa shape index (κ1) is 17.0. The van der Waals surface area contributed by atoms with Crippen LogP contribution in [0.3, 0.4) is 0 Å². The van der Waals surface area contributed by atoms with Crippen LogP contribution in [-0.2, 0) is 20.7 Å². The molecule has 0 spiro atoms. The third-order valence-electron chi connectivity index (χ3n) is 3.06. The molecule has 1 rings (SSSR count). The second kappa shape index (κ2) is 7.67. The Morgan fingerprint density at radius 2 is 1.86 bits per heavy atom. The summed E-state index contributed by atoms with van der Waals surface area (Å²) in [6.07, 6.45) is 1.25. The number of ether oxygens (including phenoxy) is 1. The molecule has 116 valence electrons. The van der Waals surface area contributed by atoms with Crippen LogP contribution < -0.4 is 5.32 Å². The molecule has 0 aliphatic carbocycles. The molecule has 2 N–H and O–H groups in total. The van der Waals surface area contributed by atoms with Gasteiger partial charge in [-0.1, -0.05) is 12.1 Å². The fourth-order valence-electron chi connectivity index (χ4n) is 1.95. The minimum absolute atomic E-state index is 0.237. The van der Waals surface area contributed by atoms with Gasteiger partial charge in [0.15, 0.2) is 0 Å². The fourth-order valence-corrected chi connectivity index (χ4v) is 1.95. The zero-order valence-corrected chi connectivity index (χ0v) is 12.8. The van der Waals surface area contributed by atoms with E-state index in [1.807, 2.05) is 26.0 Å². The van der Waals surface area contributed by atoms with Gasteiger partial charge in [-0.05, 0) is 51.3 Å². The van der Waals surface area contributed by atoms with Gasteiger partial charge in [0.05, 0.1) is 6.61 Å². The largest absolute Gasteiger partial charge is 0.508 e. The summed E-state index contributed by atoms with van der Waals surface area (Å²) in [6.45, 7) is 5.81. The van der Waals surface area contributed by atoms with E-state index in [2.05, 4.69) is 5.32 Å². The molecule has 21 heavy (non-hydrogen) atoms. The first-order valence-corrected chi connectivity index (χ1v) is 7.07. The summed E-state index contributed by atoms with van der Waals surface area (Å²) >= 11 is 0. The lowest BCUT2D eigenvalue weighted by molar-refractivity contribution is -0.146. The van der Waals surface area contributed by atoms with Gasteiger partial charge in [-0.15, -0.1) is 0 Å². The predicted octanol–water partition coefficient (Wildman–Crippen LogP) is 2.17. The lowest BCUT2D eigenvalue weighted by Gasteiger charge is -2.26. The Balaban J connectivity index is 2.43. The van der Waals surface area contributed by atoms with Crippen LogP contribution in [0.4, 0.5) is 0 Å². The van der Waals surface area contributed by atoms with Crippen molar-refractivity contribution in [3.05, 3.63) is 29.8 Å². The van der Waals surface area contributed by atoms with Crippen molar-refractivity contribution in [1.29, 1.82) is 0 Å². The van der Waals surface area contributed by atoms with Crippen LogP contribution in [0.15, 0.2) is 24.3 Å². The maximum absolute atomic E-state index is 11.8. The Morgan fingerprint density at radius 1 is 1.24 bits per heavy atom. The Hall–Kier alpha value is -2.04. The van der Waals surface area contributed by atoms with E-state index in [0.29, 0.717) is 0 Å². The van der Waals surface area contributed by atoms with Crippen molar-refractivity contribution in [2.24, 2.45) is 0 Å². The molecular formula is C16H23NO4. The van der Waals surface area contributed by atoms with Crippen LogP contribution in [0.5, 0.6) is 5.75 Å². The standard InChI is InChI=1S/C16H23NO4/c1-4-21-15(20)11-14(19)17-16(2,3)10-9-12-5-7-13(18)8-6-12/h5-8,18H,4,9-11H2,1-3H3,(H,17,19). The van der Waals surface area contributed by atoms with Crippen molar-refractivity contribution in [3.8, 4) is 5.75 Å². The normalized spacial score (nSPS) is 11.0. The topological polar surface area (TPSA) is 75.6 Å². The number of benzene rings is 1. The minimum Gasteiger partial charge on any atom is -0.508 e. The van der Waals surface area contributed by atoms with E-state index in [4.69, 9.17) is 4.74 Å². The number of phenols is 1. The number of hydrogen-bond acceptors (Lipinski definition) is 4. The Kier molecular flexibility index (Phi) is 6.21. The average molecular weight is 293 g/mol. The number of esters is 1. The van der Waals surface area contributed by atoms with Gasteiger partial charge in [-0.2, -0.15) is 0 Å². The molecule has 5 nitrogen and oxygen atoms in total. The van der Waals surface area contributed by atoms with Crippen LogP contribution in [0, 0.1) is 0 Å². The third kappa shape index (κ3) is 6.79. The second-order valence-electron chi connectivity index (χ2n) is 5.58. The summed E-state index contributed by atoms with van der Waals surface area (Å²) in [5.74, 6) is -0.603. The molecule has 0 radical (unpaired) electrons. The van der Waals surface area contributed by atoms with Crippen LogP contribution in [0.25, 0.3) is 0 Å². The Morgan fingerprint density at radius 3 is 2.43 bits per heavy atom. The number of phenolic OH excluding ortho intramolecular Hbond substituents is 1. The molecule has 1 aromatic rings. The van der Waals surface area contributed by atoms with Crippen LogP contribution in [0.1, 0.15) is 39.2 Å². The van der Waals surface area contributed by atoms with Gasteiger partial charge in [0, 0.05) is 5.54 Å². The average Bonchev–Trinajstić information content (AvgIpc) is 2.37.